The van der Waals surface area contributed by atoms with Crippen molar-refractivity contribution < 1.29 is 0 Å². The van der Waals surface area contributed by atoms with Gasteiger partial charge in [-0.15, -0.1) is 0 Å². The number of aryl methyl sites for hydroxylation is 1. The van der Waals surface area contributed by atoms with Crippen LogP contribution in [0, 0.1) is 6.92 Å². The lowest BCUT2D eigenvalue weighted by atomic mass is 10.1. The Morgan fingerprint density at radius 3 is 2.87 bits per heavy atom. The van der Waals surface area contributed by atoms with Crippen LogP contribution >= 0.6 is 11.6 Å². The Hall–Kier alpha value is -0.760. The third kappa shape index (κ3) is 4.08. The van der Waals surface area contributed by atoms with Crippen molar-refractivity contribution in [3.05, 3.63) is 23.0 Å². The normalized spacial score (nSPS) is 12.5. The number of nitrogens with zero attached hydrogens (tertiary/aromatic N) is 1. The number of pyridine rings is 1. The third-order valence-corrected chi connectivity index (χ3v) is 2.81. The number of nitrogens with one attached hydrogen (secondary N) is 1. The number of hydrogen-bond donors (Lipinski definition) is 1. The number of hydrogen-bond acceptors (Lipinski definition) is 2. The molecule has 0 bridgehead atoms. The molecule has 1 aromatic rings. The zero-order valence-electron chi connectivity index (χ0n) is 9.68. The molecule has 0 aliphatic rings. The molecule has 1 atom stereocenters. The van der Waals surface area contributed by atoms with Crippen LogP contribution in [0.25, 0.3) is 0 Å². The molecule has 84 valence electrons. The van der Waals surface area contributed by atoms with E-state index in [4.69, 9.17) is 11.6 Å². The molecule has 15 heavy (non-hydrogen) atoms. The van der Waals surface area contributed by atoms with E-state index in [1.165, 1.54) is 19.3 Å². The maximum atomic E-state index is 5.86. The van der Waals surface area contributed by atoms with Crippen molar-refractivity contribution in [1.82, 2.24) is 4.98 Å². The van der Waals surface area contributed by atoms with Crippen LogP contribution in [-0.4, -0.2) is 11.0 Å². The molecule has 0 saturated carbocycles. The van der Waals surface area contributed by atoms with E-state index >= 15 is 0 Å². The minimum atomic E-state index is 0.493. The first-order valence-electron chi connectivity index (χ1n) is 5.52. The Morgan fingerprint density at radius 2 is 2.27 bits per heavy atom. The van der Waals surface area contributed by atoms with Crippen molar-refractivity contribution in [2.75, 3.05) is 5.32 Å². The lowest BCUT2D eigenvalue weighted by Crippen LogP contribution is -2.14. The van der Waals surface area contributed by atoms with Gasteiger partial charge in [-0.25, -0.2) is 4.98 Å². The van der Waals surface area contributed by atoms with E-state index in [-0.39, 0.29) is 0 Å². The largest absolute Gasteiger partial charge is 0.381 e. The van der Waals surface area contributed by atoms with Gasteiger partial charge in [0.25, 0.3) is 0 Å². The van der Waals surface area contributed by atoms with Crippen LogP contribution in [0.5, 0.6) is 0 Å². The summed E-state index contributed by atoms with van der Waals surface area (Å²) in [6, 6.07) is 2.53. The number of halogens is 1. The molecule has 1 aromatic heterocycles. The minimum Gasteiger partial charge on any atom is -0.381 e. The van der Waals surface area contributed by atoms with Crippen LogP contribution in [0.4, 0.5) is 5.69 Å². The molecule has 0 aromatic carbocycles. The van der Waals surface area contributed by atoms with Gasteiger partial charge >= 0.3 is 0 Å². The van der Waals surface area contributed by atoms with Crippen molar-refractivity contribution in [1.29, 1.82) is 0 Å². The summed E-state index contributed by atoms with van der Waals surface area (Å²) in [7, 11) is 0. The van der Waals surface area contributed by atoms with Crippen molar-refractivity contribution in [3.8, 4) is 0 Å². The van der Waals surface area contributed by atoms with Crippen molar-refractivity contribution in [3.63, 3.8) is 0 Å². The molecule has 1 rings (SSSR count). The van der Waals surface area contributed by atoms with Crippen LogP contribution in [0.3, 0.4) is 0 Å². The first-order chi connectivity index (χ1) is 7.13. The number of unbranched alkanes of at least 4 members (excludes halogenated alkanes) is 1. The Labute approximate surface area is 97.1 Å². The third-order valence-electron chi connectivity index (χ3n) is 2.42. The molecular weight excluding hydrogens is 208 g/mol. The molecular formula is C12H19ClN2. The van der Waals surface area contributed by atoms with Crippen molar-refractivity contribution in [2.24, 2.45) is 0 Å². The van der Waals surface area contributed by atoms with Crippen molar-refractivity contribution >= 4 is 17.3 Å². The van der Waals surface area contributed by atoms with E-state index in [0.717, 1.165) is 11.3 Å². The maximum Gasteiger partial charge on any atom is 0.132 e. The summed E-state index contributed by atoms with van der Waals surface area (Å²) < 4.78 is 0. The zero-order chi connectivity index (χ0) is 11.3. The summed E-state index contributed by atoms with van der Waals surface area (Å²) in [5.74, 6) is 0. The lowest BCUT2D eigenvalue weighted by molar-refractivity contribution is 0.645. The highest BCUT2D eigenvalue weighted by atomic mass is 35.5. The standard InChI is InChI=1S/C12H19ClN2/c1-4-5-6-10(3)15-11-7-9(2)12(13)14-8-11/h7-8,10,15H,4-6H2,1-3H3. The Morgan fingerprint density at radius 1 is 1.53 bits per heavy atom. The molecule has 0 aliphatic carbocycles. The Kier molecular flexibility index (Phi) is 4.89. The molecule has 0 saturated heterocycles. The lowest BCUT2D eigenvalue weighted by Gasteiger charge is -2.14. The smallest absolute Gasteiger partial charge is 0.132 e. The number of aromatic nitrogens is 1. The molecule has 0 fully saturated rings. The zero-order valence-corrected chi connectivity index (χ0v) is 10.4. The first kappa shape index (κ1) is 12.3. The van der Waals surface area contributed by atoms with E-state index in [1.807, 2.05) is 13.0 Å². The number of anilines is 1. The fraction of sp³-hybridized carbons (Fsp3) is 0.583. The molecule has 0 spiro atoms. The molecule has 1 unspecified atom stereocenters. The van der Waals surface area contributed by atoms with Gasteiger partial charge in [0.15, 0.2) is 0 Å². The van der Waals surface area contributed by atoms with Crippen LogP contribution in [0.2, 0.25) is 5.15 Å². The molecule has 2 nitrogen and oxygen atoms in total. The summed E-state index contributed by atoms with van der Waals surface area (Å²) in [5.41, 5.74) is 2.07. The summed E-state index contributed by atoms with van der Waals surface area (Å²) in [5, 5.41) is 4.01. The molecule has 0 amide bonds. The Bertz CT molecular complexity index is 312. The van der Waals surface area contributed by atoms with Crippen LogP contribution < -0.4 is 5.32 Å². The summed E-state index contributed by atoms with van der Waals surface area (Å²) >= 11 is 5.86. The second-order valence-electron chi connectivity index (χ2n) is 4.02. The highest BCUT2D eigenvalue weighted by Gasteiger charge is 2.03. The molecule has 1 heterocycles. The Balaban J connectivity index is 2.53. The van der Waals surface area contributed by atoms with E-state index < -0.39 is 0 Å². The van der Waals surface area contributed by atoms with Gasteiger partial charge in [0, 0.05) is 6.04 Å². The summed E-state index contributed by atoms with van der Waals surface area (Å²) in [6.45, 7) is 6.37. The predicted molar refractivity (Wildman–Crippen MR) is 66.6 cm³/mol. The van der Waals surface area contributed by atoms with Gasteiger partial charge in [-0.2, -0.15) is 0 Å². The second-order valence-corrected chi connectivity index (χ2v) is 4.38. The fourth-order valence-corrected chi connectivity index (χ4v) is 1.61. The van der Waals surface area contributed by atoms with Crippen LogP contribution in [0.15, 0.2) is 12.3 Å². The SMILES string of the molecule is CCCCC(C)Nc1cnc(Cl)c(C)c1. The van der Waals surface area contributed by atoms with Gasteiger partial charge < -0.3 is 5.32 Å². The summed E-state index contributed by atoms with van der Waals surface area (Å²) in [4.78, 5) is 4.11. The van der Waals surface area contributed by atoms with E-state index in [2.05, 4.69) is 24.1 Å². The minimum absolute atomic E-state index is 0.493. The average molecular weight is 227 g/mol. The second kappa shape index (κ2) is 5.96. The summed E-state index contributed by atoms with van der Waals surface area (Å²) in [6.07, 6.45) is 5.48. The predicted octanol–water partition coefficient (Wildman–Crippen LogP) is 4.03. The quantitative estimate of drug-likeness (QED) is 0.767. The highest BCUT2D eigenvalue weighted by molar-refractivity contribution is 6.30. The van der Waals surface area contributed by atoms with E-state index in [9.17, 15) is 0 Å². The van der Waals surface area contributed by atoms with Gasteiger partial charge in [-0.1, -0.05) is 31.4 Å². The fourth-order valence-electron chi connectivity index (χ4n) is 1.50. The van der Waals surface area contributed by atoms with Gasteiger partial charge in [0.2, 0.25) is 0 Å². The average Bonchev–Trinajstić information content (AvgIpc) is 2.20. The maximum absolute atomic E-state index is 5.86. The monoisotopic (exact) mass is 226 g/mol. The molecule has 3 heteroatoms. The van der Waals surface area contributed by atoms with E-state index in [1.54, 1.807) is 6.20 Å². The molecule has 1 N–H and O–H groups in total. The van der Waals surface area contributed by atoms with E-state index in [0.29, 0.717) is 11.2 Å². The van der Waals surface area contributed by atoms with Crippen molar-refractivity contribution in [2.45, 2.75) is 46.1 Å². The van der Waals surface area contributed by atoms with Gasteiger partial charge in [-0.05, 0) is 31.9 Å². The molecule has 0 radical (unpaired) electrons. The highest BCUT2D eigenvalue weighted by Crippen LogP contribution is 2.17. The number of rotatable bonds is 5. The topological polar surface area (TPSA) is 24.9 Å². The first-order valence-corrected chi connectivity index (χ1v) is 5.90. The van der Waals surface area contributed by atoms with Crippen LogP contribution in [-0.2, 0) is 0 Å². The molecule has 0 aliphatic heterocycles. The van der Waals surface area contributed by atoms with Gasteiger partial charge in [0.1, 0.15) is 5.15 Å². The van der Waals surface area contributed by atoms with Crippen LogP contribution in [0.1, 0.15) is 38.7 Å². The van der Waals surface area contributed by atoms with Gasteiger partial charge in [-0.3, -0.25) is 0 Å². The van der Waals surface area contributed by atoms with Gasteiger partial charge in [0.05, 0.1) is 11.9 Å².